The molecule has 1 aromatic rings. The maximum atomic E-state index is 11.4. The average Bonchev–Trinajstić information content (AvgIpc) is 2.83. The molecule has 1 aromatic carbocycles. The van der Waals surface area contributed by atoms with Gasteiger partial charge in [0.25, 0.3) is 0 Å². The first-order valence-corrected chi connectivity index (χ1v) is 6.89. The summed E-state index contributed by atoms with van der Waals surface area (Å²) in [4.78, 5) is 11.4. The van der Waals surface area contributed by atoms with Gasteiger partial charge in [-0.2, -0.15) is 0 Å². The van der Waals surface area contributed by atoms with Crippen molar-refractivity contribution in [1.29, 1.82) is 0 Å². The number of ether oxygens (including phenoxy) is 1. The Labute approximate surface area is 113 Å². The van der Waals surface area contributed by atoms with Gasteiger partial charge in [-0.1, -0.05) is 12.1 Å². The zero-order valence-electron chi connectivity index (χ0n) is 11.2. The molecule has 2 N–H and O–H groups in total. The summed E-state index contributed by atoms with van der Waals surface area (Å²) >= 11 is 0. The molecule has 2 atom stereocenters. The number of nitrogens with one attached hydrogen (secondary N) is 2. The summed E-state index contributed by atoms with van der Waals surface area (Å²) in [6.45, 7) is 0.840. The number of hydrogen-bond donors (Lipinski definition) is 2. The van der Waals surface area contributed by atoms with Gasteiger partial charge in [0.05, 0.1) is 12.6 Å². The van der Waals surface area contributed by atoms with Crippen molar-refractivity contribution in [1.82, 2.24) is 10.6 Å². The van der Waals surface area contributed by atoms with Crippen LogP contribution in [0.2, 0.25) is 0 Å². The van der Waals surface area contributed by atoms with E-state index in [4.69, 9.17) is 4.74 Å². The van der Waals surface area contributed by atoms with Crippen LogP contribution in [0, 0.1) is 0 Å². The van der Waals surface area contributed by atoms with Crippen molar-refractivity contribution in [3.8, 4) is 5.75 Å². The molecule has 2 unspecified atom stereocenters. The molecule has 0 aromatic heterocycles. The van der Waals surface area contributed by atoms with Gasteiger partial charge in [0.15, 0.2) is 0 Å². The normalized spacial score (nSPS) is 29.1. The van der Waals surface area contributed by atoms with Crippen molar-refractivity contribution in [3.05, 3.63) is 29.8 Å². The van der Waals surface area contributed by atoms with Crippen LogP contribution in [0.3, 0.4) is 0 Å². The molecule has 1 spiro atoms. The Morgan fingerprint density at radius 1 is 1.37 bits per heavy atom. The SMILES string of the molecule is COc1ccc(CNC2CCC23CCC(=O)N3)cc1. The average molecular weight is 260 g/mol. The van der Waals surface area contributed by atoms with Gasteiger partial charge in [0.2, 0.25) is 5.91 Å². The Morgan fingerprint density at radius 3 is 2.68 bits per heavy atom. The molecule has 1 amide bonds. The first-order valence-electron chi connectivity index (χ1n) is 6.89. The molecule has 4 heteroatoms. The highest BCUT2D eigenvalue weighted by Crippen LogP contribution is 2.39. The van der Waals surface area contributed by atoms with Crippen LogP contribution in [0.4, 0.5) is 0 Å². The second kappa shape index (κ2) is 4.85. The van der Waals surface area contributed by atoms with E-state index in [0.29, 0.717) is 12.5 Å². The van der Waals surface area contributed by atoms with Crippen LogP contribution in [0.15, 0.2) is 24.3 Å². The Bertz CT molecular complexity index is 472. The highest BCUT2D eigenvalue weighted by molar-refractivity contribution is 5.80. The Kier molecular flexibility index (Phi) is 3.19. The van der Waals surface area contributed by atoms with Crippen LogP contribution >= 0.6 is 0 Å². The second-order valence-electron chi connectivity index (χ2n) is 5.52. The van der Waals surface area contributed by atoms with Gasteiger partial charge in [-0.3, -0.25) is 4.79 Å². The number of methoxy groups -OCH3 is 1. The molecular weight excluding hydrogens is 240 g/mol. The van der Waals surface area contributed by atoms with E-state index in [1.54, 1.807) is 7.11 Å². The molecular formula is C15H20N2O2. The molecule has 1 saturated heterocycles. The van der Waals surface area contributed by atoms with Crippen LogP contribution in [-0.2, 0) is 11.3 Å². The molecule has 102 valence electrons. The molecule has 2 aliphatic rings. The fourth-order valence-electron chi connectivity index (χ4n) is 3.11. The van der Waals surface area contributed by atoms with Crippen molar-refractivity contribution >= 4 is 5.91 Å². The predicted octanol–water partition coefficient (Wildman–Crippen LogP) is 1.60. The number of amides is 1. The zero-order valence-corrected chi connectivity index (χ0v) is 11.2. The number of rotatable bonds is 4. The molecule has 0 radical (unpaired) electrons. The summed E-state index contributed by atoms with van der Waals surface area (Å²) in [7, 11) is 1.67. The molecule has 4 nitrogen and oxygen atoms in total. The van der Waals surface area contributed by atoms with E-state index >= 15 is 0 Å². The van der Waals surface area contributed by atoms with E-state index in [2.05, 4.69) is 22.8 Å². The highest BCUT2D eigenvalue weighted by Gasteiger charge is 2.50. The summed E-state index contributed by atoms with van der Waals surface area (Å²) in [5.74, 6) is 1.09. The van der Waals surface area contributed by atoms with Crippen molar-refractivity contribution in [3.63, 3.8) is 0 Å². The number of carbonyl (C=O) groups excluding carboxylic acids is 1. The van der Waals surface area contributed by atoms with Gasteiger partial charge in [0.1, 0.15) is 5.75 Å². The summed E-state index contributed by atoms with van der Waals surface area (Å²) in [5.41, 5.74) is 1.29. The number of carbonyl (C=O) groups is 1. The van der Waals surface area contributed by atoms with Crippen molar-refractivity contribution < 1.29 is 9.53 Å². The fourth-order valence-corrected chi connectivity index (χ4v) is 3.11. The van der Waals surface area contributed by atoms with Crippen molar-refractivity contribution in [2.24, 2.45) is 0 Å². The van der Waals surface area contributed by atoms with E-state index in [9.17, 15) is 4.79 Å². The Morgan fingerprint density at radius 2 is 2.16 bits per heavy atom. The Balaban J connectivity index is 1.56. The minimum atomic E-state index is 0.0452. The summed E-state index contributed by atoms with van der Waals surface area (Å²) in [5, 5.41) is 6.72. The molecule has 19 heavy (non-hydrogen) atoms. The van der Waals surface area contributed by atoms with E-state index in [1.165, 1.54) is 5.56 Å². The lowest BCUT2D eigenvalue weighted by atomic mass is 9.70. The molecule has 0 bridgehead atoms. The standard InChI is InChI=1S/C15H20N2O2/c1-19-12-4-2-11(3-5-12)10-16-13-6-8-15(13)9-7-14(18)17-15/h2-5,13,16H,6-10H2,1H3,(H,17,18). The molecule has 2 fully saturated rings. The van der Waals surface area contributed by atoms with Gasteiger partial charge in [-0.25, -0.2) is 0 Å². The van der Waals surface area contributed by atoms with Crippen LogP contribution in [0.25, 0.3) is 0 Å². The van der Waals surface area contributed by atoms with Crippen molar-refractivity contribution in [2.45, 2.75) is 43.8 Å². The quantitative estimate of drug-likeness (QED) is 0.864. The third kappa shape index (κ3) is 2.32. The van der Waals surface area contributed by atoms with E-state index in [1.807, 2.05) is 12.1 Å². The number of hydrogen-bond acceptors (Lipinski definition) is 3. The van der Waals surface area contributed by atoms with Crippen LogP contribution < -0.4 is 15.4 Å². The maximum absolute atomic E-state index is 11.4. The highest BCUT2D eigenvalue weighted by atomic mass is 16.5. The van der Waals surface area contributed by atoms with Crippen molar-refractivity contribution in [2.75, 3.05) is 7.11 Å². The first kappa shape index (κ1) is 12.5. The van der Waals surface area contributed by atoms with Crippen LogP contribution in [0.1, 0.15) is 31.2 Å². The minimum absolute atomic E-state index is 0.0452. The predicted molar refractivity (Wildman–Crippen MR) is 73.0 cm³/mol. The lowest BCUT2D eigenvalue weighted by Crippen LogP contribution is -2.64. The van der Waals surface area contributed by atoms with Gasteiger partial charge >= 0.3 is 0 Å². The largest absolute Gasteiger partial charge is 0.497 e. The minimum Gasteiger partial charge on any atom is -0.497 e. The van der Waals surface area contributed by atoms with E-state index in [-0.39, 0.29) is 11.4 Å². The smallest absolute Gasteiger partial charge is 0.220 e. The first-order chi connectivity index (χ1) is 9.22. The molecule has 1 heterocycles. The van der Waals surface area contributed by atoms with Gasteiger partial charge < -0.3 is 15.4 Å². The van der Waals surface area contributed by atoms with Gasteiger partial charge in [0, 0.05) is 19.0 Å². The lowest BCUT2D eigenvalue weighted by molar-refractivity contribution is -0.120. The lowest BCUT2D eigenvalue weighted by Gasteiger charge is -2.47. The monoisotopic (exact) mass is 260 g/mol. The van der Waals surface area contributed by atoms with E-state index < -0.39 is 0 Å². The summed E-state index contributed by atoms with van der Waals surface area (Å²) in [6, 6.07) is 8.52. The summed E-state index contributed by atoms with van der Waals surface area (Å²) in [6.07, 6.45) is 3.92. The number of benzene rings is 1. The molecule has 1 aliphatic carbocycles. The topological polar surface area (TPSA) is 50.4 Å². The fraction of sp³-hybridized carbons (Fsp3) is 0.533. The van der Waals surface area contributed by atoms with E-state index in [0.717, 1.165) is 31.6 Å². The summed E-state index contributed by atoms with van der Waals surface area (Å²) < 4.78 is 5.15. The third-order valence-corrected chi connectivity index (χ3v) is 4.44. The molecule has 1 aliphatic heterocycles. The molecule has 1 saturated carbocycles. The van der Waals surface area contributed by atoms with Crippen LogP contribution in [0.5, 0.6) is 5.75 Å². The van der Waals surface area contributed by atoms with Gasteiger partial charge in [-0.15, -0.1) is 0 Å². The zero-order chi connectivity index (χ0) is 13.3. The maximum Gasteiger partial charge on any atom is 0.220 e. The third-order valence-electron chi connectivity index (χ3n) is 4.44. The second-order valence-corrected chi connectivity index (χ2v) is 5.52. The van der Waals surface area contributed by atoms with Crippen LogP contribution in [-0.4, -0.2) is 24.6 Å². The Hall–Kier alpha value is -1.55. The van der Waals surface area contributed by atoms with Gasteiger partial charge in [-0.05, 0) is 37.0 Å². The molecule has 3 rings (SSSR count).